The Balaban J connectivity index is 2.01. The summed E-state index contributed by atoms with van der Waals surface area (Å²) in [5.74, 6) is -0.516. The molecule has 1 aliphatic heterocycles. The first-order valence-corrected chi connectivity index (χ1v) is 7.89. The molecule has 1 amide bonds. The molecule has 0 aromatic heterocycles. The van der Waals surface area contributed by atoms with Crippen LogP contribution >= 0.6 is 0 Å². The lowest BCUT2D eigenvalue weighted by Gasteiger charge is -2.16. The predicted octanol–water partition coefficient (Wildman–Crippen LogP) is 2.15. The molecule has 4 nitrogen and oxygen atoms in total. The number of carbonyl (C=O) groups excluding carboxylic acids is 1. The number of nitrogens with zero attached hydrogens (tertiary/aromatic N) is 1. The third-order valence-electron chi connectivity index (χ3n) is 3.50. The first-order chi connectivity index (χ1) is 10.1. The second kappa shape index (κ2) is 5.86. The van der Waals surface area contributed by atoms with Crippen LogP contribution < -0.4 is 0 Å². The number of amides is 1. The summed E-state index contributed by atoms with van der Waals surface area (Å²) in [6, 6.07) is 4.66. The molecule has 1 fully saturated rings. The summed E-state index contributed by atoms with van der Waals surface area (Å²) in [7, 11) is -4.79. The summed E-state index contributed by atoms with van der Waals surface area (Å²) in [5.41, 5.74) is -0.420. The quantitative estimate of drug-likeness (QED) is 0.624. The van der Waals surface area contributed by atoms with Gasteiger partial charge in [0.25, 0.3) is 0 Å². The zero-order chi connectivity index (χ0) is 16.5. The van der Waals surface area contributed by atoms with E-state index in [1.807, 2.05) is 0 Å². The molecule has 1 aromatic carbocycles. The molecule has 1 aromatic rings. The zero-order valence-corrected chi connectivity index (χ0v) is 12.1. The van der Waals surface area contributed by atoms with Gasteiger partial charge >= 0.3 is 16.4 Å². The van der Waals surface area contributed by atoms with Crippen molar-refractivity contribution in [2.45, 2.75) is 24.3 Å². The fraction of sp³-hybridized carbons (Fsp3) is 0.462. The van der Waals surface area contributed by atoms with Crippen molar-refractivity contribution in [1.82, 2.24) is 4.90 Å². The monoisotopic (exact) mass is 339 g/mol. The molecule has 0 spiro atoms. The summed E-state index contributed by atoms with van der Waals surface area (Å²) in [5, 5.41) is -1.39. The number of alkyl halides is 3. The second-order valence-corrected chi connectivity index (χ2v) is 6.71. The molecule has 1 heterocycles. The molecule has 1 atom stereocenters. The van der Waals surface area contributed by atoms with Crippen LogP contribution in [0.15, 0.2) is 24.3 Å². The van der Waals surface area contributed by atoms with Crippen LogP contribution in [0.5, 0.6) is 0 Å². The van der Waals surface area contributed by atoms with Gasteiger partial charge in [0, 0.05) is 19.5 Å². The molecule has 0 radical (unpaired) electrons. The number of hydrogen-bond donors (Lipinski definition) is 0. The van der Waals surface area contributed by atoms with E-state index in [-0.39, 0.29) is 19.5 Å². The summed E-state index contributed by atoms with van der Waals surface area (Å²) < 4.78 is 72.2. The van der Waals surface area contributed by atoms with Gasteiger partial charge in [-0.25, -0.2) is 0 Å². The minimum absolute atomic E-state index is 0.0478. The molecule has 0 aliphatic carbocycles. The van der Waals surface area contributed by atoms with Crippen LogP contribution in [0.3, 0.4) is 0 Å². The van der Waals surface area contributed by atoms with Crippen LogP contribution in [0, 0.1) is 0 Å². The minimum Gasteiger partial charge on any atom is -0.341 e. The fourth-order valence-corrected chi connectivity index (χ4v) is 3.01. The maximum absolute atomic E-state index is 12.9. The van der Waals surface area contributed by atoms with Gasteiger partial charge in [-0.3, -0.25) is 4.79 Å². The van der Waals surface area contributed by atoms with Crippen molar-refractivity contribution in [2.75, 3.05) is 13.1 Å². The molecule has 9 heteroatoms. The molecule has 22 heavy (non-hydrogen) atoms. The third-order valence-corrected chi connectivity index (χ3v) is 4.61. The minimum atomic E-state index is -4.79. The average Bonchev–Trinajstić information content (AvgIpc) is 2.77. The predicted molar refractivity (Wildman–Crippen MR) is 70.2 cm³/mol. The normalized spacial score (nSPS) is 19.7. The van der Waals surface area contributed by atoms with E-state index in [2.05, 4.69) is 0 Å². The van der Waals surface area contributed by atoms with Crippen LogP contribution in [0.2, 0.25) is 0 Å². The van der Waals surface area contributed by atoms with Crippen LogP contribution in [0.25, 0.3) is 0 Å². The van der Waals surface area contributed by atoms with E-state index in [1.165, 1.54) is 12.1 Å². The lowest BCUT2D eigenvalue weighted by Crippen LogP contribution is -2.29. The first-order valence-electron chi connectivity index (χ1n) is 6.45. The van der Waals surface area contributed by atoms with Crippen molar-refractivity contribution in [2.24, 2.45) is 0 Å². The molecular formula is C13H13F4NO3S. The third kappa shape index (κ3) is 3.96. The summed E-state index contributed by atoms with van der Waals surface area (Å²) in [6.07, 6.45) is -4.75. The van der Waals surface area contributed by atoms with Gasteiger partial charge in [0.2, 0.25) is 5.91 Å². The van der Waals surface area contributed by atoms with E-state index in [0.29, 0.717) is 5.56 Å². The lowest BCUT2D eigenvalue weighted by atomic mass is 10.1. The number of likely N-dealkylation sites (tertiary alicyclic amines) is 1. The number of rotatable bonds is 4. The maximum Gasteiger partial charge on any atom is 0.416 e. The molecule has 0 saturated carbocycles. The van der Waals surface area contributed by atoms with Crippen molar-refractivity contribution in [3.05, 3.63) is 35.4 Å². The Hall–Kier alpha value is -1.64. The summed E-state index contributed by atoms with van der Waals surface area (Å²) in [4.78, 5) is 12.7. The zero-order valence-electron chi connectivity index (χ0n) is 11.3. The van der Waals surface area contributed by atoms with Crippen LogP contribution in [-0.2, 0) is 27.6 Å². The highest BCUT2D eigenvalue weighted by atomic mass is 32.3. The molecule has 2 rings (SSSR count). The van der Waals surface area contributed by atoms with Gasteiger partial charge in [0.1, 0.15) is 5.25 Å². The van der Waals surface area contributed by atoms with E-state index >= 15 is 0 Å². The largest absolute Gasteiger partial charge is 0.416 e. The van der Waals surface area contributed by atoms with Crippen molar-refractivity contribution in [3.63, 3.8) is 0 Å². The number of hydrogen-bond acceptors (Lipinski definition) is 3. The van der Waals surface area contributed by atoms with Crippen molar-refractivity contribution >= 4 is 16.1 Å². The van der Waals surface area contributed by atoms with Gasteiger partial charge < -0.3 is 4.90 Å². The molecule has 0 N–H and O–H groups in total. The lowest BCUT2D eigenvalue weighted by molar-refractivity contribution is -0.137. The Morgan fingerprint density at radius 3 is 2.50 bits per heavy atom. The number of benzene rings is 1. The Kier molecular flexibility index (Phi) is 4.46. The Morgan fingerprint density at radius 2 is 1.95 bits per heavy atom. The van der Waals surface area contributed by atoms with E-state index in [1.54, 1.807) is 0 Å². The van der Waals surface area contributed by atoms with E-state index in [9.17, 15) is 30.3 Å². The average molecular weight is 339 g/mol. The number of carbonyl (C=O) groups is 1. The first kappa shape index (κ1) is 16.7. The van der Waals surface area contributed by atoms with Crippen molar-refractivity contribution in [1.29, 1.82) is 0 Å². The Labute approximate surface area is 124 Å². The smallest absolute Gasteiger partial charge is 0.341 e. The van der Waals surface area contributed by atoms with Crippen LogP contribution in [0.1, 0.15) is 17.5 Å². The van der Waals surface area contributed by atoms with Gasteiger partial charge in [-0.05, 0) is 18.1 Å². The van der Waals surface area contributed by atoms with Gasteiger partial charge in [0.15, 0.2) is 0 Å². The van der Waals surface area contributed by atoms with Gasteiger partial charge in [-0.1, -0.05) is 18.2 Å². The molecule has 1 unspecified atom stereocenters. The van der Waals surface area contributed by atoms with E-state index in [0.717, 1.165) is 17.0 Å². The highest BCUT2D eigenvalue weighted by Crippen LogP contribution is 2.29. The van der Waals surface area contributed by atoms with Crippen molar-refractivity contribution in [3.8, 4) is 0 Å². The van der Waals surface area contributed by atoms with Crippen molar-refractivity contribution < 1.29 is 30.3 Å². The van der Waals surface area contributed by atoms with Gasteiger partial charge in [-0.2, -0.15) is 21.6 Å². The van der Waals surface area contributed by atoms with Gasteiger partial charge in [0.05, 0.1) is 5.56 Å². The maximum atomic E-state index is 12.9. The Morgan fingerprint density at radius 1 is 1.27 bits per heavy atom. The fourth-order valence-electron chi connectivity index (χ4n) is 2.31. The highest BCUT2D eigenvalue weighted by molar-refractivity contribution is 7.87. The van der Waals surface area contributed by atoms with E-state index in [4.69, 9.17) is 0 Å². The Bertz CT molecular complexity index is 672. The van der Waals surface area contributed by atoms with Crippen LogP contribution in [0.4, 0.5) is 17.1 Å². The molecular weight excluding hydrogens is 326 g/mol. The van der Waals surface area contributed by atoms with Gasteiger partial charge in [-0.15, -0.1) is 3.89 Å². The standard InChI is InChI=1S/C13H13F4NO3S/c14-13(15,16)10-3-1-2-9(6-10)4-5-18-8-11(7-12(18)19)22(17,20)21/h1-3,6,11H,4-5,7-8H2. The molecule has 1 saturated heterocycles. The molecule has 0 bridgehead atoms. The molecule has 1 aliphatic rings. The summed E-state index contributed by atoms with van der Waals surface area (Å²) >= 11 is 0. The second-order valence-electron chi connectivity index (χ2n) is 5.09. The number of halogens is 4. The van der Waals surface area contributed by atoms with E-state index < -0.39 is 39.5 Å². The van der Waals surface area contributed by atoms with Crippen LogP contribution in [-0.4, -0.2) is 37.6 Å². The topological polar surface area (TPSA) is 54.5 Å². The molecule has 122 valence electrons. The highest BCUT2D eigenvalue weighted by Gasteiger charge is 2.38. The SMILES string of the molecule is O=C1CC(S(=O)(=O)F)CN1CCc1cccc(C(F)(F)F)c1. The summed E-state index contributed by atoms with van der Waals surface area (Å²) in [6.45, 7) is -0.219.